The molecule has 1 saturated heterocycles. The van der Waals surface area contributed by atoms with Crippen molar-refractivity contribution >= 4 is 15.9 Å². The smallest absolute Gasteiger partial charge is 0.135 e. The summed E-state index contributed by atoms with van der Waals surface area (Å²) in [6.07, 6.45) is 3.01. The maximum absolute atomic E-state index is 5.64. The van der Waals surface area contributed by atoms with Gasteiger partial charge in [0.15, 0.2) is 0 Å². The van der Waals surface area contributed by atoms with Crippen LogP contribution in [0.4, 0.5) is 0 Å². The zero-order chi connectivity index (χ0) is 11.5. The van der Waals surface area contributed by atoms with Crippen molar-refractivity contribution in [2.45, 2.75) is 19.4 Å². The van der Waals surface area contributed by atoms with Gasteiger partial charge >= 0.3 is 0 Å². The predicted molar refractivity (Wildman–Crippen MR) is 68.4 cm³/mol. The van der Waals surface area contributed by atoms with Crippen LogP contribution in [0.3, 0.4) is 0 Å². The molecule has 1 aliphatic rings. The van der Waals surface area contributed by atoms with Crippen LogP contribution in [0, 0.1) is 5.92 Å². The fourth-order valence-corrected chi connectivity index (χ4v) is 3.09. The first-order chi connectivity index (χ1) is 7.77. The Morgan fingerprint density at radius 3 is 3.00 bits per heavy atom. The molecule has 2 atom stereocenters. The highest BCUT2D eigenvalue weighted by Crippen LogP contribution is 2.40. The first-order valence-corrected chi connectivity index (χ1v) is 6.68. The van der Waals surface area contributed by atoms with Crippen LogP contribution in [-0.4, -0.2) is 31.6 Å². The Morgan fingerprint density at radius 2 is 2.44 bits per heavy atom. The quantitative estimate of drug-likeness (QED) is 0.923. The molecule has 3 nitrogen and oxygen atoms in total. The standard InChI is InChI=1S/C12H19BrN2O/c1-3-15-6-4-9(8-14-2)11(15)12-10(13)5-7-16-12/h5,7,9,11,14H,3-4,6,8H2,1-2H3. The average molecular weight is 287 g/mol. The van der Waals surface area contributed by atoms with Gasteiger partial charge in [0.25, 0.3) is 0 Å². The molecule has 2 rings (SSSR count). The third kappa shape index (κ3) is 2.19. The van der Waals surface area contributed by atoms with Crippen LogP contribution in [0.2, 0.25) is 0 Å². The van der Waals surface area contributed by atoms with Crippen LogP contribution in [0.1, 0.15) is 25.1 Å². The Bertz CT molecular complexity index is 340. The van der Waals surface area contributed by atoms with Gasteiger partial charge in [-0.15, -0.1) is 0 Å². The van der Waals surface area contributed by atoms with Crippen LogP contribution in [0.5, 0.6) is 0 Å². The second kappa shape index (κ2) is 5.34. The zero-order valence-electron chi connectivity index (χ0n) is 9.87. The van der Waals surface area contributed by atoms with E-state index in [9.17, 15) is 0 Å². The summed E-state index contributed by atoms with van der Waals surface area (Å²) >= 11 is 3.57. The van der Waals surface area contributed by atoms with Crippen LogP contribution in [0.15, 0.2) is 21.2 Å². The second-order valence-electron chi connectivity index (χ2n) is 4.31. The fourth-order valence-electron chi connectivity index (χ4n) is 2.65. The largest absolute Gasteiger partial charge is 0.466 e. The van der Waals surface area contributed by atoms with Gasteiger partial charge in [0.1, 0.15) is 5.76 Å². The van der Waals surface area contributed by atoms with E-state index >= 15 is 0 Å². The van der Waals surface area contributed by atoms with E-state index in [0.29, 0.717) is 12.0 Å². The van der Waals surface area contributed by atoms with Gasteiger partial charge in [0.2, 0.25) is 0 Å². The molecule has 16 heavy (non-hydrogen) atoms. The van der Waals surface area contributed by atoms with E-state index in [1.807, 2.05) is 13.1 Å². The van der Waals surface area contributed by atoms with E-state index in [0.717, 1.165) is 23.3 Å². The lowest BCUT2D eigenvalue weighted by atomic mass is 9.98. The van der Waals surface area contributed by atoms with Gasteiger partial charge in [-0.05, 0) is 61.0 Å². The Balaban J connectivity index is 2.22. The van der Waals surface area contributed by atoms with Crippen molar-refractivity contribution in [2.75, 3.05) is 26.7 Å². The lowest BCUT2D eigenvalue weighted by Gasteiger charge is -2.25. The van der Waals surface area contributed by atoms with Gasteiger partial charge in [0.05, 0.1) is 16.8 Å². The van der Waals surface area contributed by atoms with Crippen molar-refractivity contribution in [2.24, 2.45) is 5.92 Å². The molecule has 0 aromatic carbocycles. The summed E-state index contributed by atoms with van der Waals surface area (Å²) in [4.78, 5) is 2.49. The van der Waals surface area contributed by atoms with Gasteiger partial charge in [0, 0.05) is 0 Å². The maximum Gasteiger partial charge on any atom is 0.135 e. The highest BCUT2D eigenvalue weighted by atomic mass is 79.9. The molecule has 0 saturated carbocycles. The Morgan fingerprint density at radius 1 is 1.62 bits per heavy atom. The third-order valence-electron chi connectivity index (χ3n) is 3.41. The number of halogens is 1. The molecule has 0 bridgehead atoms. The minimum absolute atomic E-state index is 0.418. The van der Waals surface area contributed by atoms with Gasteiger partial charge in [-0.3, -0.25) is 4.90 Å². The summed E-state index contributed by atoms with van der Waals surface area (Å²) in [5.41, 5.74) is 0. The molecular weight excluding hydrogens is 268 g/mol. The fraction of sp³-hybridized carbons (Fsp3) is 0.667. The highest BCUT2D eigenvalue weighted by molar-refractivity contribution is 9.10. The summed E-state index contributed by atoms with van der Waals surface area (Å²) in [5, 5.41) is 3.28. The molecule has 1 aliphatic heterocycles. The van der Waals surface area contributed by atoms with E-state index in [-0.39, 0.29) is 0 Å². The lowest BCUT2D eigenvalue weighted by molar-refractivity contribution is 0.206. The number of nitrogens with one attached hydrogen (secondary N) is 1. The first-order valence-electron chi connectivity index (χ1n) is 5.89. The van der Waals surface area contributed by atoms with Crippen molar-refractivity contribution in [3.8, 4) is 0 Å². The molecule has 0 aliphatic carbocycles. The number of hydrogen-bond donors (Lipinski definition) is 1. The molecule has 0 amide bonds. The predicted octanol–water partition coefficient (Wildman–Crippen LogP) is 2.64. The Kier molecular flexibility index (Phi) is 4.05. The van der Waals surface area contributed by atoms with Crippen molar-refractivity contribution < 1.29 is 4.42 Å². The van der Waals surface area contributed by atoms with Gasteiger partial charge in [-0.2, -0.15) is 0 Å². The first kappa shape index (κ1) is 12.1. The van der Waals surface area contributed by atoms with E-state index in [2.05, 4.69) is 33.1 Å². The van der Waals surface area contributed by atoms with Gasteiger partial charge < -0.3 is 9.73 Å². The highest BCUT2D eigenvalue weighted by Gasteiger charge is 2.36. The molecule has 4 heteroatoms. The molecule has 1 N–H and O–H groups in total. The SMILES string of the molecule is CCN1CCC(CNC)C1c1occc1Br. The summed E-state index contributed by atoms with van der Waals surface area (Å²) in [7, 11) is 2.02. The topological polar surface area (TPSA) is 28.4 Å². The number of hydrogen-bond acceptors (Lipinski definition) is 3. The summed E-state index contributed by atoms with van der Waals surface area (Å²) < 4.78 is 6.74. The maximum atomic E-state index is 5.64. The second-order valence-corrected chi connectivity index (χ2v) is 5.17. The van der Waals surface area contributed by atoms with E-state index < -0.39 is 0 Å². The lowest BCUT2D eigenvalue weighted by Crippen LogP contribution is -2.29. The zero-order valence-corrected chi connectivity index (χ0v) is 11.5. The van der Waals surface area contributed by atoms with E-state index in [4.69, 9.17) is 4.42 Å². The molecule has 0 radical (unpaired) electrons. The number of likely N-dealkylation sites (tertiary alicyclic amines) is 1. The van der Waals surface area contributed by atoms with E-state index in [1.165, 1.54) is 13.0 Å². The number of nitrogens with zero attached hydrogens (tertiary/aromatic N) is 1. The monoisotopic (exact) mass is 286 g/mol. The third-order valence-corrected chi connectivity index (χ3v) is 4.07. The van der Waals surface area contributed by atoms with Gasteiger partial charge in [-0.1, -0.05) is 6.92 Å². The summed E-state index contributed by atoms with van der Waals surface area (Å²) in [6, 6.07) is 2.40. The van der Waals surface area contributed by atoms with Crippen molar-refractivity contribution in [1.29, 1.82) is 0 Å². The molecule has 0 spiro atoms. The van der Waals surface area contributed by atoms with Crippen LogP contribution < -0.4 is 5.32 Å². The van der Waals surface area contributed by atoms with E-state index in [1.54, 1.807) is 6.26 Å². The van der Waals surface area contributed by atoms with Crippen LogP contribution in [0.25, 0.3) is 0 Å². The molecule has 1 aromatic rings. The molecule has 90 valence electrons. The minimum atomic E-state index is 0.418. The minimum Gasteiger partial charge on any atom is -0.466 e. The molecule has 2 unspecified atom stereocenters. The number of furan rings is 1. The van der Waals surface area contributed by atoms with Crippen molar-refractivity contribution in [3.05, 3.63) is 22.6 Å². The Hall–Kier alpha value is -0.320. The molecular formula is C12H19BrN2O. The molecule has 1 fully saturated rings. The summed E-state index contributed by atoms with van der Waals surface area (Å²) in [5.74, 6) is 1.73. The summed E-state index contributed by atoms with van der Waals surface area (Å²) in [6.45, 7) is 5.51. The number of rotatable bonds is 4. The van der Waals surface area contributed by atoms with Crippen molar-refractivity contribution in [1.82, 2.24) is 10.2 Å². The van der Waals surface area contributed by atoms with Gasteiger partial charge in [-0.25, -0.2) is 0 Å². The average Bonchev–Trinajstić information content (AvgIpc) is 2.85. The van der Waals surface area contributed by atoms with Crippen LogP contribution >= 0.6 is 15.9 Å². The van der Waals surface area contributed by atoms with Crippen LogP contribution in [-0.2, 0) is 0 Å². The Labute approximate surface area is 105 Å². The molecule has 2 heterocycles. The normalized spacial score (nSPS) is 26.4. The molecule has 1 aromatic heterocycles. The van der Waals surface area contributed by atoms with Crippen molar-refractivity contribution in [3.63, 3.8) is 0 Å².